The normalized spacial score (nSPS) is 23.8. The average Bonchev–Trinajstić information content (AvgIpc) is 3.12. The van der Waals surface area contributed by atoms with Crippen molar-refractivity contribution in [2.75, 3.05) is 45.8 Å². The Morgan fingerprint density at radius 2 is 1.87 bits per heavy atom. The number of aliphatic hydroxyl groups excluding tert-OH is 1. The molecule has 6 nitrogen and oxygen atoms in total. The number of piperidine rings is 1. The summed E-state index contributed by atoms with van der Waals surface area (Å²) in [5, 5.41) is 15.5. The molecule has 2 aliphatic heterocycles. The summed E-state index contributed by atoms with van der Waals surface area (Å²) in [7, 11) is 0. The molecule has 4 rings (SSSR count). The summed E-state index contributed by atoms with van der Waals surface area (Å²) < 4.78 is 1.94. The van der Waals surface area contributed by atoms with Gasteiger partial charge in [0.25, 0.3) is 0 Å². The van der Waals surface area contributed by atoms with Crippen molar-refractivity contribution >= 4 is 0 Å². The molecule has 0 bridgehead atoms. The number of aliphatic hydroxyl groups is 1. The Hall–Kier alpha value is -1.99. The second-order valence-corrected chi connectivity index (χ2v) is 9.02. The van der Waals surface area contributed by atoms with Crippen LogP contribution in [-0.4, -0.2) is 87.5 Å². The van der Waals surface area contributed by atoms with Crippen molar-refractivity contribution in [3.63, 3.8) is 0 Å². The van der Waals surface area contributed by atoms with Crippen LogP contribution >= 0.6 is 0 Å². The van der Waals surface area contributed by atoms with E-state index in [1.165, 1.54) is 11.1 Å². The van der Waals surface area contributed by atoms with Crippen molar-refractivity contribution in [2.24, 2.45) is 0 Å². The number of aryl methyl sites for hydroxylation is 1. The van der Waals surface area contributed by atoms with Gasteiger partial charge in [-0.1, -0.05) is 36.4 Å². The number of rotatable bonds is 8. The van der Waals surface area contributed by atoms with Gasteiger partial charge in [0.2, 0.25) is 0 Å². The lowest BCUT2D eigenvalue weighted by atomic mass is 9.98. The molecule has 0 amide bonds. The van der Waals surface area contributed by atoms with E-state index in [9.17, 15) is 5.11 Å². The predicted octanol–water partition coefficient (Wildman–Crippen LogP) is 2.17. The Morgan fingerprint density at radius 3 is 2.58 bits per heavy atom. The quantitative estimate of drug-likeness (QED) is 0.660. The van der Waals surface area contributed by atoms with E-state index in [1.807, 2.05) is 10.8 Å². The monoisotopic (exact) mass is 423 g/mol. The van der Waals surface area contributed by atoms with Crippen LogP contribution in [0.5, 0.6) is 0 Å². The summed E-state index contributed by atoms with van der Waals surface area (Å²) in [6.45, 7) is 14.7. The highest BCUT2D eigenvalue weighted by Crippen LogP contribution is 2.21. The molecule has 3 heterocycles. The summed E-state index contributed by atoms with van der Waals surface area (Å²) in [5.74, 6) is 0. The highest BCUT2D eigenvalue weighted by Gasteiger charge is 2.33. The molecule has 0 unspecified atom stereocenters. The van der Waals surface area contributed by atoms with Gasteiger partial charge in [-0.3, -0.25) is 14.5 Å². The lowest BCUT2D eigenvalue weighted by molar-refractivity contribution is -0.0308. The van der Waals surface area contributed by atoms with E-state index in [4.69, 9.17) is 0 Å². The van der Waals surface area contributed by atoms with Crippen LogP contribution in [-0.2, 0) is 19.5 Å². The molecule has 2 aromatic rings. The van der Waals surface area contributed by atoms with E-state index >= 15 is 0 Å². The first-order chi connectivity index (χ1) is 15.1. The number of piperazine rings is 1. The molecule has 2 fully saturated rings. The second kappa shape index (κ2) is 10.6. The number of hydrogen-bond acceptors (Lipinski definition) is 5. The molecule has 168 valence electrons. The smallest absolute Gasteiger partial charge is 0.0822 e. The van der Waals surface area contributed by atoms with Crippen LogP contribution in [0.4, 0.5) is 0 Å². The Labute approximate surface area is 186 Å². The van der Waals surface area contributed by atoms with Gasteiger partial charge in [0.15, 0.2) is 0 Å². The largest absolute Gasteiger partial charge is 0.390 e. The van der Waals surface area contributed by atoms with Crippen molar-refractivity contribution < 1.29 is 5.11 Å². The zero-order valence-electron chi connectivity index (χ0n) is 18.9. The number of benzene rings is 1. The minimum absolute atomic E-state index is 0.284. The topological polar surface area (TPSA) is 47.8 Å². The number of allylic oxidation sites excluding steroid dienone is 1. The molecule has 1 aromatic heterocycles. The molecule has 6 heteroatoms. The number of β-amino-alcohol motifs (C(OH)–C–C–N with tert-alkyl or cyclic N) is 1. The lowest BCUT2D eigenvalue weighted by Crippen LogP contribution is -2.58. The van der Waals surface area contributed by atoms with Crippen molar-refractivity contribution in [1.82, 2.24) is 24.5 Å². The molecular formula is C25H37N5O. The number of likely N-dealkylation sites (tertiary alicyclic amines) is 1. The van der Waals surface area contributed by atoms with Gasteiger partial charge < -0.3 is 10.0 Å². The van der Waals surface area contributed by atoms with Crippen molar-refractivity contribution in [1.29, 1.82) is 0 Å². The summed E-state index contributed by atoms with van der Waals surface area (Å²) in [5.41, 5.74) is 3.74. The first-order valence-corrected chi connectivity index (χ1v) is 11.7. The van der Waals surface area contributed by atoms with Crippen LogP contribution in [0.3, 0.4) is 0 Å². The standard InChI is InChI=1S/C25H37N5O/c1-3-11-30-19-23(21(2)26-30)18-28-13-10-24(25(31)20-28)29-16-14-27(15-17-29)12-9-22-7-5-4-6-8-22/h3-8,19,24-25,31H,1,9-18,20H2,2H3/t24-,25-/m1/s1. The number of hydrogen-bond donors (Lipinski definition) is 1. The highest BCUT2D eigenvalue weighted by atomic mass is 16.3. The van der Waals surface area contributed by atoms with E-state index in [0.717, 1.165) is 77.4 Å². The molecule has 31 heavy (non-hydrogen) atoms. The van der Waals surface area contributed by atoms with Gasteiger partial charge in [0.05, 0.1) is 18.3 Å². The van der Waals surface area contributed by atoms with Crippen LogP contribution < -0.4 is 0 Å². The first-order valence-electron chi connectivity index (χ1n) is 11.7. The van der Waals surface area contributed by atoms with Crippen molar-refractivity contribution in [3.05, 3.63) is 66.0 Å². The third-order valence-electron chi connectivity index (χ3n) is 6.82. The van der Waals surface area contributed by atoms with Gasteiger partial charge in [0.1, 0.15) is 0 Å². The Morgan fingerprint density at radius 1 is 1.10 bits per heavy atom. The van der Waals surface area contributed by atoms with E-state index in [1.54, 1.807) is 0 Å². The highest BCUT2D eigenvalue weighted by molar-refractivity contribution is 5.16. The van der Waals surface area contributed by atoms with E-state index < -0.39 is 0 Å². The maximum Gasteiger partial charge on any atom is 0.0822 e. The van der Waals surface area contributed by atoms with Gasteiger partial charge in [-0.05, 0) is 25.3 Å². The zero-order valence-corrected chi connectivity index (χ0v) is 18.9. The Bertz CT molecular complexity index is 828. The molecule has 0 aliphatic carbocycles. The van der Waals surface area contributed by atoms with E-state index in [2.05, 4.69) is 69.8 Å². The molecule has 1 N–H and O–H groups in total. The maximum atomic E-state index is 10.9. The maximum absolute atomic E-state index is 10.9. The third-order valence-corrected chi connectivity index (χ3v) is 6.82. The first kappa shape index (κ1) is 22.2. The average molecular weight is 424 g/mol. The van der Waals surface area contributed by atoms with Crippen molar-refractivity contribution in [2.45, 2.75) is 45.0 Å². The molecule has 1 aromatic carbocycles. The van der Waals surface area contributed by atoms with Gasteiger partial charge in [-0.15, -0.1) is 6.58 Å². The molecule has 2 atom stereocenters. The molecular weight excluding hydrogens is 386 g/mol. The van der Waals surface area contributed by atoms with Gasteiger partial charge in [0, 0.05) is 70.2 Å². The van der Waals surface area contributed by atoms with Crippen LogP contribution in [0.25, 0.3) is 0 Å². The third kappa shape index (κ3) is 5.83. The van der Waals surface area contributed by atoms with Gasteiger partial charge >= 0.3 is 0 Å². The summed E-state index contributed by atoms with van der Waals surface area (Å²) in [4.78, 5) is 7.46. The number of aromatic nitrogens is 2. The fraction of sp³-hybridized carbons (Fsp3) is 0.560. The Balaban J connectivity index is 1.22. The fourth-order valence-corrected chi connectivity index (χ4v) is 4.99. The van der Waals surface area contributed by atoms with Crippen molar-refractivity contribution in [3.8, 4) is 0 Å². The predicted molar refractivity (Wildman–Crippen MR) is 125 cm³/mol. The molecule has 0 saturated carbocycles. The SMILES string of the molecule is C=CCn1cc(CN2CC[C@@H](N3CCN(CCc4ccccc4)CC3)[C@H](O)C2)c(C)n1. The van der Waals surface area contributed by atoms with Crippen LogP contribution in [0.2, 0.25) is 0 Å². The zero-order chi connectivity index (χ0) is 21.6. The van der Waals surface area contributed by atoms with E-state index in [0.29, 0.717) is 0 Å². The van der Waals surface area contributed by atoms with Gasteiger partial charge in [-0.2, -0.15) is 5.10 Å². The van der Waals surface area contributed by atoms with E-state index in [-0.39, 0.29) is 12.1 Å². The minimum Gasteiger partial charge on any atom is -0.390 e. The number of nitrogens with zero attached hydrogens (tertiary/aromatic N) is 5. The molecule has 2 saturated heterocycles. The molecule has 2 aliphatic rings. The summed E-state index contributed by atoms with van der Waals surface area (Å²) in [6.07, 6.45) is 5.85. The van der Waals surface area contributed by atoms with Crippen LogP contribution in [0.1, 0.15) is 23.2 Å². The fourth-order valence-electron chi connectivity index (χ4n) is 4.99. The molecule has 0 radical (unpaired) electrons. The van der Waals surface area contributed by atoms with Crippen LogP contribution in [0, 0.1) is 6.92 Å². The summed E-state index contributed by atoms with van der Waals surface area (Å²) >= 11 is 0. The molecule has 0 spiro atoms. The Kier molecular flexibility index (Phi) is 7.56. The van der Waals surface area contributed by atoms with Crippen LogP contribution in [0.15, 0.2) is 49.2 Å². The second-order valence-electron chi connectivity index (χ2n) is 9.02. The van der Waals surface area contributed by atoms with Gasteiger partial charge in [-0.25, -0.2) is 0 Å². The minimum atomic E-state index is -0.284. The lowest BCUT2D eigenvalue weighted by Gasteiger charge is -2.45. The summed E-state index contributed by atoms with van der Waals surface area (Å²) in [6, 6.07) is 11.0.